The van der Waals surface area contributed by atoms with Crippen molar-refractivity contribution in [3.05, 3.63) is 35.2 Å². The number of aromatic amines is 1. The van der Waals surface area contributed by atoms with Crippen LogP contribution in [0.3, 0.4) is 0 Å². The number of nitrogens with one attached hydrogen (secondary N) is 1. The molecule has 2 aromatic rings. The van der Waals surface area contributed by atoms with E-state index in [2.05, 4.69) is 32.3 Å². The smallest absolute Gasteiger partial charge is 0.201 e. The van der Waals surface area contributed by atoms with Gasteiger partial charge in [-0.3, -0.25) is 0 Å². The van der Waals surface area contributed by atoms with Gasteiger partial charge in [0.15, 0.2) is 0 Å². The van der Waals surface area contributed by atoms with Crippen LogP contribution in [0.25, 0.3) is 11.0 Å². The minimum absolute atomic E-state index is 0.468. The summed E-state index contributed by atoms with van der Waals surface area (Å²) in [6.45, 7) is 2.57. The molecule has 0 fully saturated rings. The molecular weight excluding hydrogens is 278 g/mol. The molecule has 1 N–H and O–H groups in total. The van der Waals surface area contributed by atoms with Gasteiger partial charge in [-0.05, 0) is 43.3 Å². The molecule has 1 aromatic heterocycles. The Labute approximate surface area is 119 Å². The molecule has 1 atom stereocenters. The molecule has 0 aliphatic heterocycles. The lowest BCUT2D eigenvalue weighted by atomic mass is 10.2. The molecule has 0 bridgehead atoms. The second kappa shape index (κ2) is 6.52. The Bertz CT molecular complexity index is 684. The van der Waals surface area contributed by atoms with Gasteiger partial charge in [-0.15, -0.1) is 0 Å². The van der Waals surface area contributed by atoms with Gasteiger partial charge in [-0.2, -0.15) is 0 Å². The van der Waals surface area contributed by atoms with E-state index in [0.717, 1.165) is 16.6 Å². The monoisotopic (exact) mass is 291 g/mol. The maximum atomic E-state index is 12.0. The zero-order valence-electron chi connectivity index (χ0n) is 10.4. The summed E-state index contributed by atoms with van der Waals surface area (Å²) in [6.07, 6.45) is 2.50. The Balaban J connectivity index is 2.11. The van der Waals surface area contributed by atoms with Crippen LogP contribution in [0.15, 0.2) is 39.8 Å². The molecule has 1 unspecified atom stereocenters. The molecule has 0 aliphatic carbocycles. The number of hydrogen-bond acceptors (Lipinski definition) is 4. The van der Waals surface area contributed by atoms with Crippen LogP contribution in [-0.4, -0.2) is 25.9 Å². The van der Waals surface area contributed by atoms with Gasteiger partial charge in [0.25, 0.3) is 0 Å². The fourth-order valence-corrected chi connectivity index (χ4v) is 2.53. The molecule has 0 amide bonds. The summed E-state index contributed by atoms with van der Waals surface area (Å²) in [5, 5.41) is 4.37. The Morgan fingerprint density at radius 2 is 2.42 bits per heavy atom. The van der Waals surface area contributed by atoms with Crippen LogP contribution in [-0.2, 0) is 10.8 Å². The number of nitrogens with zero attached hydrogens (tertiary/aromatic N) is 2. The van der Waals surface area contributed by atoms with Crippen molar-refractivity contribution in [1.82, 2.24) is 9.97 Å². The maximum absolute atomic E-state index is 12.0. The van der Waals surface area contributed by atoms with Crippen molar-refractivity contribution in [3.8, 4) is 0 Å². The van der Waals surface area contributed by atoms with Gasteiger partial charge in [0, 0.05) is 5.41 Å². The van der Waals surface area contributed by atoms with E-state index in [-0.39, 0.29) is 0 Å². The van der Waals surface area contributed by atoms with E-state index >= 15 is 0 Å². The second-order valence-electron chi connectivity index (χ2n) is 3.99. The van der Waals surface area contributed by atoms with Crippen molar-refractivity contribution < 1.29 is 4.21 Å². The first-order valence-electron chi connectivity index (χ1n) is 5.78. The minimum atomic E-state index is -1.26. The first-order chi connectivity index (χ1) is 9.20. The molecule has 19 heavy (non-hydrogen) atoms. The number of thiocarbonyl (C=S) groups is 1. The Morgan fingerprint density at radius 1 is 1.58 bits per heavy atom. The summed E-state index contributed by atoms with van der Waals surface area (Å²) in [4.78, 5) is 11.2. The molecule has 0 aliphatic rings. The molecule has 2 rings (SSSR count). The lowest BCUT2D eigenvalue weighted by molar-refractivity contribution is 0.683. The number of benzene rings is 1. The number of aliphatic imine (C=N–C) groups is 1. The molecule has 0 saturated heterocycles. The topological polar surface area (TPSA) is 58.1 Å². The number of fused-ring (bicyclic) bond motifs is 1. The molecule has 1 heterocycles. The third-order valence-corrected chi connectivity index (χ3v) is 3.64. The summed E-state index contributed by atoms with van der Waals surface area (Å²) in [5.41, 5.74) is 2.87. The third-order valence-electron chi connectivity index (χ3n) is 2.50. The van der Waals surface area contributed by atoms with E-state index in [1.165, 1.54) is 0 Å². The Hall–Kier alpha value is -1.62. The summed E-state index contributed by atoms with van der Waals surface area (Å²) >= 11 is 4.46. The van der Waals surface area contributed by atoms with E-state index in [4.69, 9.17) is 0 Å². The largest absolute Gasteiger partial charge is 0.331 e. The maximum Gasteiger partial charge on any atom is 0.201 e. The molecular formula is C13H13N3OS2. The number of isothiocyanates is 1. The third kappa shape index (κ3) is 3.67. The Kier molecular flexibility index (Phi) is 4.74. The van der Waals surface area contributed by atoms with Crippen LogP contribution in [0, 0.1) is 6.92 Å². The first kappa shape index (κ1) is 13.8. The van der Waals surface area contributed by atoms with Gasteiger partial charge < -0.3 is 4.98 Å². The fourth-order valence-electron chi connectivity index (χ4n) is 1.60. The average molecular weight is 291 g/mol. The molecule has 6 heteroatoms. The number of rotatable bonds is 5. The van der Waals surface area contributed by atoms with Crippen molar-refractivity contribution in [2.75, 3.05) is 6.54 Å². The summed E-state index contributed by atoms with van der Waals surface area (Å²) in [7, 11) is -1.26. The predicted molar refractivity (Wildman–Crippen MR) is 80.9 cm³/mol. The lowest BCUT2D eigenvalue weighted by Gasteiger charge is -1.89. The number of imidazole rings is 1. The highest BCUT2D eigenvalue weighted by molar-refractivity contribution is 7.87. The van der Waals surface area contributed by atoms with Crippen molar-refractivity contribution in [2.45, 2.75) is 18.5 Å². The molecule has 0 radical (unpaired) electrons. The highest BCUT2D eigenvalue weighted by Gasteiger charge is 2.06. The molecule has 98 valence electrons. The van der Waals surface area contributed by atoms with E-state index in [1.807, 2.05) is 31.2 Å². The molecule has 0 spiro atoms. The van der Waals surface area contributed by atoms with Crippen LogP contribution in [0.5, 0.6) is 0 Å². The lowest BCUT2D eigenvalue weighted by Crippen LogP contribution is -1.89. The van der Waals surface area contributed by atoms with Crippen molar-refractivity contribution in [1.29, 1.82) is 0 Å². The number of aromatic nitrogens is 2. The molecule has 1 aromatic carbocycles. The van der Waals surface area contributed by atoms with Crippen molar-refractivity contribution in [2.24, 2.45) is 4.99 Å². The summed E-state index contributed by atoms with van der Waals surface area (Å²) in [6, 6.07) is 5.88. The second-order valence-corrected chi connectivity index (χ2v) is 5.43. The van der Waals surface area contributed by atoms with Crippen molar-refractivity contribution in [3.63, 3.8) is 0 Å². The van der Waals surface area contributed by atoms with Crippen LogP contribution < -0.4 is 0 Å². The van der Waals surface area contributed by atoms with Gasteiger partial charge in [0.1, 0.15) is 10.8 Å². The van der Waals surface area contributed by atoms with Gasteiger partial charge >= 0.3 is 0 Å². The zero-order valence-corrected chi connectivity index (χ0v) is 12.1. The fraction of sp³-hybridized carbons (Fsp3) is 0.231. The highest BCUT2D eigenvalue weighted by Crippen LogP contribution is 2.15. The van der Waals surface area contributed by atoms with Gasteiger partial charge in [-0.1, -0.05) is 12.1 Å². The standard InChI is InChI=1S/C13H13N3OS2/c1-10-4-5-11-12(8-10)16-13(15-11)19(17)7-3-2-6-14-9-18/h3-5,7-8H,2,6H2,1H3,(H,15,16)/b7-3+. The van der Waals surface area contributed by atoms with Crippen LogP contribution in [0.4, 0.5) is 0 Å². The average Bonchev–Trinajstić information content (AvgIpc) is 2.81. The predicted octanol–water partition coefficient (Wildman–Crippen LogP) is 2.99. The van der Waals surface area contributed by atoms with E-state index in [0.29, 0.717) is 18.1 Å². The number of hydrogen-bond donors (Lipinski definition) is 1. The summed E-state index contributed by atoms with van der Waals surface area (Å²) < 4.78 is 12.0. The van der Waals surface area contributed by atoms with Gasteiger partial charge in [0.2, 0.25) is 5.16 Å². The van der Waals surface area contributed by atoms with E-state index in [9.17, 15) is 4.21 Å². The van der Waals surface area contributed by atoms with Crippen LogP contribution >= 0.6 is 12.2 Å². The Morgan fingerprint density at radius 3 is 3.21 bits per heavy atom. The quantitative estimate of drug-likeness (QED) is 0.523. The SMILES string of the molecule is Cc1ccc2nc(S(=O)/C=C/CCN=C=S)[nH]c2c1. The van der Waals surface area contributed by atoms with Crippen molar-refractivity contribution >= 4 is 39.2 Å². The van der Waals surface area contributed by atoms with Gasteiger partial charge in [-0.25, -0.2) is 14.2 Å². The van der Waals surface area contributed by atoms with Gasteiger partial charge in [0.05, 0.1) is 22.7 Å². The minimum Gasteiger partial charge on any atom is -0.331 e. The van der Waals surface area contributed by atoms with E-state index < -0.39 is 10.8 Å². The van der Waals surface area contributed by atoms with E-state index in [1.54, 1.807) is 5.41 Å². The normalized spacial score (nSPS) is 12.7. The summed E-state index contributed by atoms with van der Waals surface area (Å²) in [5.74, 6) is 0. The first-order valence-corrected chi connectivity index (χ1v) is 7.40. The number of aryl methyl sites for hydroxylation is 1. The molecule has 4 nitrogen and oxygen atoms in total. The van der Waals surface area contributed by atoms with Crippen LogP contribution in [0.1, 0.15) is 12.0 Å². The molecule has 0 saturated carbocycles. The highest BCUT2D eigenvalue weighted by atomic mass is 32.2. The van der Waals surface area contributed by atoms with Crippen LogP contribution in [0.2, 0.25) is 0 Å². The zero-order chi connectivity index (χ0) is 13.7. The number of H-pyrrole nitrogens is 1.